The molecule has 19 heavy (non-hydrogen) atoms. The van der Waals surface area contributed by atoms with Gasteiger partial charge in [0.1, 0.15) is 6.04 Å². The summed E-state index contributed by atoms with van der Waals surface area (Å²) in [5.41, 5.74) is 8.82. The third-order valence-corrected chi connectivity index (χ3v) is 3.10. The van der Waals surface area contributed by atoms with E-state index in [-0.39, 0.29) is 11.9 Å². The number of benzene rings is 1. The van der Waals surface area contributed by atoms with Crippen molar-refractivity contribution in [2.75, 3.05) is 23.5 Å². The maximum atomic E-state index is 11.4. The topological polar surface area (TPSA) is 93.4 Å². The van der Waals surface area contributed by atoms with Crippen LogP contribution >= 0.6 is 0 Å². The van der Waals surface area contributed by atoms with Crippen molar-refractivity contribution in [3.8, 4) is 0 Å². The third kappa shape index (κ3) is 2.78. The first-order valence-corrected chi connectivity index (χ1v) is 6.08. The number of carbonyl (C=O) groups is 2. The summed E-state index contributed by atoms with van der Waals surface area (Å²) in [6.45, 7) is 1.70. The average Bonchev–Trinajstić information content (AvgIpc) is 2.38. The molecule has 6 heteroatoms. The Morgan fingerprint density at radius 1 is 1.47 bits per heavy atom. The fraction of sp³-hybridized carbons (Fsp3) is 0.385. The molecule has 102 valence electrons. The Kier molecular flexibility index (Phi) is 3.59. The zero-order valence-corrected chi connectivity index (χ0v) is 10.9. The van der Waals surface area contributed by atoms with Gasteiger partial charge in [-0.15, -0.1) is 0 Å². The first-order valence-electron chi connectivity index (χ1n) is 6.08. The number of hydrogen-bond donors (Lipinski definition) is 3. The molecule has 0 fully saturated rings. The van der Waals surface area contributed by atoms with Gasteiger partial charge in [0.25, 0.3) is 0 Å². The Bertz CT molecular complexity index is 528. The van der Waals surface area contributed by atoms with Crippen molar-refractivity contribution in [3.05, 3.63) is 17.7 Å². The van der Waals surface area contributed by atoms with Crippen LogP contribution in [0.1, 0.15) is 18.9 Å². The fourth-order valence-electron chi connectivity index (χ4n) is 2.04. The standard InChI is InChI=1S/C13H17N3O3/c1-7(13(18)19-2)15-11-5-8-3-4-12(17)16-10(8)6-9(11)14/h5-7,15H,3-4,14H2,1-2H3,(H,16,17). The van der Waals surface area contributed by atoms with E-state index in [0.717, 1.165) is 11.3 Å². The van der Waals surface area contributed by atoms with Crippen LogP contribution in [-0.4, -0.2) is 25.0 Å². The van der Waals surface area contributed by atoms with E-state index in [1.54, 1.807) is 13.0 Å². The van der Waals surface area contributed by atoms with Crippen LogP contribution in [0.2, 0.25) is 0 Å². The van der Waals surface area contributed by atoms with Crippen LogP contribution < -0.4 is 16.4 Å². The number of methoxy groups -OCH3 is 1. The second-order valence-corrected chi connectivity index (χ2v) is 4.53. The summed E-state index contributed by atoms with van der Waals surface area (Å²) < 4.78 is 4.65. The fourth-order valence-corrected chi connectivity index (χ4v) is 2.04. The molecule has 1 aliphatic rings. The molecule has 1 aliphatic heterocycles. The average molecular weight is 263 g/mol. The smallest absolute Gasteiger partial charge is 0.327 e. The maximum Gasteiger partial charge on any atom is 0.327 e. The Morgan fingerprint density at radius 2 is 2.21 bits per heavy atom. The van der Waals surface area contributed by atoms with E-state index in [0.29, 0.717) is 24.2 Å². The Hall–Kier alpha value is -2.24. The van der Waals surface area contributed by atoms with Crippen LogP contribution in [0.15, 0.2) is 12.1 Å². The zero-order chi connectivity index (χ0) is 14.0. The van der Waals surface area contributed by atoms with Crippen molar-refractivity contribution in [1.82, 2.24) is 0 Å². The minimum Gasteiger partial charge on any atom is -0.467 e. The normalized spacial score (nSPS) is 15.2. The molecule has 0 saturated heterocycles. The number of anilines is 3. The highest BCUT2D eigenvalue weighted by molar-refractivity contribution is 5.95. The number of hydrogen-bond acceptors (Lipinski definition) is 5. The molecule has 1 aromatic carbocycles. The highest BCUT2D eigenvalue weighted by atomic mass is 16.5. The summed E-state index contributed by atoms with van der Waals surface area (Å²) in [6.07, 6.45) is 1.13. The Labute approximate surface area is 111 Å². The first-order chi connectivity index (χ1) is 9.01. The van der Waals surface area contributed by atoms with Crippen LogP contribution in [0.25, 0.3) is 0 Å². The zero-order valence-electron chi connectivity index (χ0n) is 10.9. The SMILES string of the molecule is COC(=O)C(C)Nc1cc2c(cc1N)NC(=O)CC2. The van der Waals surface area contributed by atoms with Gasteiger partial charge in [0.05, 0.1) is 18.5 Å². The summed E-state index contributed by atoms with van der Waals surface area (Å²) in [5, 5.41) is 5.79. The molecular formula is C13H17N3O3. The number of nitrogens with two attached hydrogens (primary N) is 1. The monoisotopic (exact) mass is 263 g/mol. The lowest BCUT2D eigenvalue weighted by Gasteiger charge is -2.21. The molecule has 0 aromatic heterocycles. The summed E-state index contributed by atoms with van der Waals surface area (Å²) in [6, 6.07) is 3.09. The number of nitrogens with one attached hydrogen (secondary N) is 2. The second-order valence-electron chi connectivity index (χ2n) is 4.53. The van der Waals surface area contributed by atoms with Gasteiger partial charge >= 0.3 is 5.97 Å². The van der Waals surface area contributed by atoms with E-state index >= 15 is 0 Å². The molecule has 1 aromatic rings. The summed E-state index contributed by atoms with van der Waals surface area (Å²) in [5.74, 6) is -0.360. The van der Waals surface area contributed by atoms with Gasteiger partial charge in [0.2, 0.25) is 5.91 Å². The van der Waals surface area contributed by atoms with Crippen LogP contribution in [0.5, 0.6) is 0 Å². The molecule has 0 spiro atoms. The number of rotatable bonds is 3. The molecule has 2 rings (SSSR count). The van der Waals surface area contributed by atoms with E-state index in [1.165, 1.54) is 7.11 Å². The van der Waals surface area contributed by atoms with E-state index < -0.39 is 6.04 Å². The Morgan fingerprint density at radius 3 is 2.89 bits per heavy atom. The number of esters is 1. The van der Waals surface area contributed by atoms with Gasteiger partial charge in [-0.3, -0.25) is 4.79 Å². The molecule has 1 amide bonds. The largest absolute Gasteiger partial charge is 0.467 e. The van der Waals surface area contributed by atoms with Crippen molar-refractivity contribution in [1.29, 1.82) is 0 Å². The van der Waals surface area contributed by atoms with Crippen molar-refractivity contribution >= 4 is 28.9 Å². The summed E-state index contributed by atoms with van der Waals surface area (Å²) >= 11 is 0. The highest BCUT2D eigenvalue weighted by Gasteiger charge is 2.19. The number of carbonyl (C=O) groups excluding carboxylic acids is 2. The second kappa shape index (κ2) is 5.17. The summed E-state index contributed by atoms with van der Waals surface area (Å²) in [7, 11) is 1.34. The van der Waals surface area contributed by atoms with Crippen molar-refractivity contribution in [2.45, 2.75) is 25.8 Å². The summed E-state index contributed by atoms with van der Waals surface area (Å²) in [4.78, 5) is 22.7. The lowest BCUT2D eigenvalue weighted by molar-refractivity contribution is -0.141. The maximum absolute atomic E-state index is 11.4. The first kappa shape index (κ1) is 13.2. The number of ether oxygens (including phenoxy) is 1. The molecule has 4 N–H and O–H groups in total. The van der Waals surface area contributed by atoms with Gasteiger partial charge < -0.3 is 21.1 Å². The Balaban J connectivity index is 2.23. The number of aryl methyl sites for hydroxylation is 1. The molecule has 6 nitrogen and oxygen atoms in total. The molecule has 0 bridgehead atoms. The van der Waals surface area contributed by atoms with Gasteiger partial charge in [-0.05, 0) is 31.0 Å². The predicted molar refractivity (Wildman–Crippen MR) is 72.9 cm³/mol. The highest BCUT2D eigenvalue weighted by Crippen LogP contribution is 2.31. The van der Waals surface area contributed by atoms with Crippen LogP contribution in [0, 0.1) is 0 Å². The van der Waals surface area contributed by atoms with Gasteiger partial charge in [0, 0.05) is 12.1 Å². The minimum atomic E-state index is -0.483. The molecule has 1 heterocycles. The van der Waals surface area contributed by atoms with Gasteiger partial charge in [0.15, 0.2) is 0 Å². The van der Waals surface area contributed by atoms with Crippen LogP contribution in [-0.2, 0) is 20.7 Å². The lowest BCUT2D eigenvalue weighted by Crippen LogP contribution is -2.28. The molecular weight excluding hydrogens is 246 g/mol. The van der Waals surface area contributed by atoms with Crippen molar-refractivity contribution < 1.29 is 14.3 Å². The number of fused-ring (bicyclic) bond motifs is 1. The molecule has 1 atom stereocenters. The van der Waals surface area contributed by atoms with Crippen LogP contribution in [0.3, 0.4) is 0 Å². The molecule has 1 unspecified atom stereocenters. The van der Waals surface area contributed by atoms with E-state index in [1.807, 2.05) is 6.07 Å². The van der Waals surface area contributed by atoms with Crippen LogP contribution in [0.4, 0.5) is 17.1 Å². The van der Waals surface area contributed by atoms with Crippen molar-refractivity contribution in [2.24, 2.45) is 0 Å². The molecule has 0 aliphatic carbocycles. The van der Waals surface area contributed by atoms with E-state index in [4.69, 9.17) is 5.73 Å². The number of nitrogen functional groups attached to an aromatic ring is 1. The lowest BCUT2D eigenvalue weighted by atomic mass is 10.0. The van der Waals surface area contributed by atoms with Crippen molar-refractivity contribution in [3.63, 3.8) is 0 Å². The number of amides is 1. The quantitative estimate of drug-likeness (QED) is 0.561. The van der Waals surface area contributed by atoms with Gasteiger partial charge in [-0.2, -0.15) is 0 Å². The van der Waals surface area contributed by atoms with E-state index in [9.17, 15) is 9.59 Å². The molecule has 0 radical (unpaired) electrons. The van der Waals surface area contributed by atoms with E-state index in [2.05, 4.69) is 15.4 Å². The van der Waals surface area contributed by atoms with Gasteiger partial charge in [-0.25, -0.2) is 4.79 Å². The predicted octanol–water partition coefficient (Wildman–Crippen LogP) is 1.13. The molecule has 0 saturated carbocycles. The van der Waals surface area contributed by atoms with Gasteiger partial charge in [-0.1, -0.05) is 0 Å². The third-order valence-electron chi connectivity index (χ3n) is 3.10. The minimum absolute atomic E-state index is 0.00413.